The second-order valence-corrected chi connectivity index (χ2v) is 5.75. The fourth-order valence-corrected chi connectivity index (χ4v) is 2.95. The van der Waals surface area contributed by atoms with Gasteiger partial charge in [-0.05, 0) is 31.7 Å². The van der Waals surface area contributed by atoms with Crippen molar-refractivity contribution in [3.8, 4) is 0 Å². The van der Waals surface area contributed by atoms with E-state index in [9.17, 15) is 4.79 Å². The summed E-state index contributed by atoms with van der Waals surface area (Å²) < 4.78 is 0. The zero-order chi connectivity index (χ0) is 11.7. The first-order valence-corrected chi connectivity index (χ1v) is 6.55. The minimum absolute atomic E-state index is 0.313. The molecule has 2 rings (SSSR count). The summed E-state index contributed by atoms with van der Waals surface area (Å²) in [5.41, 5.74) is 0. The second-order valence-electron chi connectivity index (χ2n) is 5.75. The molecule has 16 heavy (non-hydrogen) atoms. The van der Waals surface area contributed by atoms with Crippen molar-refractivity contribution < 1.29 is 4.79 Å². The third-order valence-electron chi connectivity index (χ3n) is 4.45. The Morgan fingerprint density at radius 2 is 1.50 bits per heavy atom. The van der Waals surface area contributed by atoms with Crippen LogP contribution in [0, 0.1) is 17.8 Å². The van der Waals surface area contributed by atoms with E-state index >= 15 is 0 Å². The predicted octanol–water partition coefficient (Wildman–Crippen LogP) is 1.44. The molecule has 2 atom stereocenters. The van der Waals surface area contributed by atoms with Crippen LogP contribution in [0.4, 0.5) is 0 Å². The van der Waals surface area contributed by atoms with Crippen LogP contribution >= 0.6 is 0 Å². The molecule has 1 saturated heterocycles. The molecule has 0 aromatic heterocycles. The number of carbonyl (C=O) groups is 1. The molecule has 2 fully saturated rings. The second kappa shape index (κ2) is 4.74. The van der Waals surface area contributed by atoms with Crippen LogP contribution in [0.3, 0.4) is 0 Å². The van der Waals surface area contributed by atoms with E-state index in [2.05, 4.69) is 30.7 Å². The van der Waals surface area contributed by atoms with Gasteiger partial charge in [-0.2, -0.15) is 0 Å². The van der Waals surface area contributed by atoms with E-state index < -0.39 is 0 Å². The van der Waals surface area contributed by atoms with Crippen LogP contribution in [0.5, 0.6) is 0 Å². The Kier molecular flexibility index (Phi) is 3.53. The van der Waals surface area contributed by atoms with Crippen molar-refractivity contribution in [2.75, 3.05) is 33.2 Å². The predicted molar refractivity (Wildman–Crippen MR) is 65.1 cm³/mol. The SMILES string of the molecule is CC1CC(C(=O)N2CCN(C)CC2)CC1C. The summed E-state index contributed by atoms with van der Waals surface area (Å²) in [6, 6.07) is 0. The first-order valence-electron chi connectivity index (χ1n) is 6.55. The van der Waals surface area contributed by atoms with Crippen molar-refractivity contribution in [2.24, 2.45) is 17.8 Å². The molecule has 1 aliphatic heterocycles. The maximum absolute atomic E-state index is 12.3. The molecule has 0 radical (unpaired) electrons. The Labute approximate surface area is 98.8 Å². The molecular formula is C13H24N2O. The Bertz CT molecular complexity index is 249. The lowest BCUT2D eigenvalue weighted by Crippen LogP contribution is -2.48. The number of nitrogens with zero attached hydrogens (tertiary/aromatic N) is 2. The van der Waals surface area contributed by atoms with Crippen molar-refractivity contribution in [2.45, 2.75) is 26.7 Å². The maximum atomic E-state index is 12.3. The van der Waals surface area contributed by atoms with Gasteiger partial charge in [0.1, 0.15) is 0 Å². The summed E-state index contributed by atoms with van der Waals surface area (Å²) in [5.74, 6) is 2.18. The zero-order valence-corrected chi connectivity index (χ0v) is 10.8. The quantitative estimate of drug-likeness (QED) is 0.673. The summed E-state index contributed by atoms with van der Waals surface area (Å²) in [4.78, 5) is 16.7. The number of carbonyl (C=O) groups excluding carboxylic acids is 1. The average molecular weight is 224 g/mol. The average Bonchev–Trinajstić information content (AvgIpc) is 2.59. The van der Waals surface area contributed by atoms with Gasteiger partial charge >= 0.3 is 0 Å². The smallest absolute Gasteiger partial charge is 0.225 e. The van der Waals surface area contributed by atoms with Gasteiger partial charge in [-0.15, -0.1) is 0 Å². The van der Waals surface area contributed by atoms with Gasteiger partial charge in [-0.1, -0.05) is 13.8 Å². The fourth-order valence-electron chi connectivity index (χ4n) is 2.95. The van der Waals surface area contributed by atoms with E-state index in [-0.39, 0.29) is 0 Å². The highest BCUT2D eigenvalue weighted by atomic mass is 16.2. The van der Waals surface area contributed by atoms with Crippen molar-refractivity contribution in [3.63, 3.8) is 0 Å². The number of hydrogen-bond acceptors (Lipinski definition) is 2. The van der Waals surface area contributed by atoms with Gasteiger partial charge in [-0.3, -0.25) is 4.79 Å². The van der Waals surface area contributed by atoms with Crippen LogP contribution in [0.1, 0.15) is 26.7 Å². The zero-order valence-electron chi connectivity index (χ0n) is 10.8. The van der Waals surface area contributed by atoms with E-state index in [4.69, 9.17) is 0 Å². The largest absolute Gasteiger partial charge is 0.340 e. The van der Waals surface area contributed by atoms with Gasteiger partial charge in [0.15, 0.2) is 0 Å². The normalized spacial score (nSPS) is 36.7. The highest BCUT2D eigenvalue weighted by Gasteiger charge is 2.35. The number of rotatable bonds is 1. The molecule has 0 spiro atoms. The highest BCUT2D eigenvalue weighted by molar-refractivity contribution is 5.79. The highest BCUT2D eigenvalue weighted by Crippen LogP contribution is 2.36. The van der Waals surface area contributed by atoms with Crippen LogP contribution in [-0.4, -0.2) is 48.9 Å². The molecule has 1 aliphatic carbocycles. The Balaban J connectivity index is 1.88. The minimum Gasteiger partial charge on any atom is -0.340 e. The first-order chi connectivity index (χ1) is 7.58. The number of likely N-dealkylation sites (N-methyl/N-ethyl adjacent to an activating group) is 1. The third kappa shape index (κ3) is 2.40. The third-order valence-corrected chi connectivity index (χ3v) is 4.45. The molecular weight excluding hydrogens is 200 g/mol. The van der Waals surface area contributed by atoms with Crippen LogP contribution in [0.25, 0.3) is 0 Å². The minimum atomic E-state index is 0.313. The topological polar surface area (TPSA) is 23.6 Å². The van der Waals surface area contributed by atoms with Crippen molar-refractivity contribution in [1.82, 2.24) is 9.80 Å². The van der Waals surface area contributed by atoms with Gasteiger partial charge in [-0.25, -0.2) is 0 Å². The van der Waals surface area contributed by atoms with Crippen molar-refractivity contribution in [3.05, 3.63) is 0 Å². The Hall–Kier alpha value is -0.570. The fraction of sp³-hybridized carbons (Fsp3) is 0.923. The van der Waals surface area contributed by atoms with Gasteiger partial charge in [0.25, 0.3) is 0 Å². The lowest BCUT2D eigenvalue weighted by atomic mass is 10.0. The Morgan fingerprint density at radius 1 is 1.00 bits per heavy atom. The molecule has 92 valence electrons. The van der Waals surface area contributed by atoms with E-state index in [0.29, 0.717) is 11.8 Å². The molecule has 0 aromatic rings. The molecule has 0 N–H and O–H groups in total. The first kappa shape index (κ1) is 11.9. The molecule has 2 unspecified atom stereocenters. The van der Waals surface area contributed by atoms with Crippen LogP contribution < -0.4 is 0 Å². The standard InChI is InChI=1S/C13H24N2O/c1-10-8-12(9-11(10)2)13(16)15-6-4-14(3)5-7-15/h10-12H,4-9H2,1-3H3. The van der Waals surface area contributed by atoms with Crippen LogP contribution in [0.15, 0.2) is 0 Å². The van der Waals surface area contributed by atoms with E-state index in [1.54, 1.807) is 0 Å². The van der Waals surface area contributed by atoms with Crippen molar-refractivity contribution >= 4 is 5.91 Å². The van der Waals surface area contributed by atoms with Crippen LogP contribution in [0.2, 0.25) is 0 Å². The van der Waals surface area contributed by atoms with E-state index in [0.717, 1.165) is 50.9 Å². The molecule has 1 heterocycles. The van der Waals surface area contributed by atoms with E-state index in [1.165, 1.54) is 0 Å². The summed E-state index contributed by atoms with van der Waals surface area (Å²) in [6.45, 7) is 8.47. The number of piperazine rings is 1. The summed E-state index contributed by atoms with van der Waals surface area (Å²) in [5, 5.41) is 0. The van der Waals surface area contributed by atoms with Crippen molar-refractivity contribution in [1.29, 1.82) is 0 Å². The van der Waals surface area contributed by atoms with Gasteiger partial charge < -0.3 is 9.80 Å². The van der Waals surface area contributed by atoms with Gasteiger partial charge in [0.05, 0.1) is 0 Å². The molecule has 0 bridgehead atoms. The van der Waals surface area contributed by atoms with Crippen LogP contribution in [-0.2, 0) is 4.79 Å². The van der Waals surface area contributed by atoms with Gasteiger partial charge in [0, 0.05) is 32.1 Å². The summed E-state index contributed by atoms with van der Waals surface area (Å²) >= 11 is 0. The Morgan fingerprint density at radius 3 is 2.00 bits per heavy atom. The van der Waals surface area contributed by atoms with E-state index in [1.807, 2.05) is 0 Å². The lowest BCUT2D eigenvalue weighted by molar-refractivity contribution is -0.137. The molecule has 1 amide bonds. The molecule has 3 nitrogen and oxygen atoms in total. The molecule has 2 aliphatic rings. The lowest BCUT2D eigenvalue weighted by Gasteiger charge is -2.34. The number of amides is 1. The molecule has 3 heteroatoms. The van der Waals surface area contributed by atoms with Gasteiger partial charge in [0.2, 0.25) is 5.91 Å². The maximum Gasteiger partial charge on any atom is 0.225 e. The summed E-state index contributed by atoms with van der Waals surface area (Å²) in [6.07, 6.45) is 2.21. The number of hydrogen-bond donors (Lipinski definition) is 0. The molecule has 0 aromatic carbocycles. The monoisotopic (exact) mass is 224 g/mol. The summed E-state index contributed by atoms with van der Waals surface area (Å²) in [7, 11) is 2.13. The molecule has 1 saturated carbocycles.